The van der Waals surface area contributed by atoms with E-state index in [1.54, 1.807) is 19.2 Å². The number of benzene rings is 2. The highest BCUT2D eigenvalue weighted by atomic mass is 32.2. The summed E-state index contributed by atoms with van der Waals surface area (Å²) in [6.45, 7) is 4.17. The molecule has 5 nitrogen and oxygen atoms in total. The molecule has 6 heteroatoms. The van der Waals surface area contributed by atoms with Gasteiger partial charge in [-0.1, -0.05) is 6.07 Å². The Labute approximate surface area is 142 Å². The molecule has 2 aromatic carbocycles. The third-order valence-electron chi connectivity index (χ3n) is 4.28. The van der Waals surface area contributed by atoms with Gasteiger partial charge in [-0.15, -0.1) is 0 Å². The number of ether oxygens (including phenoxy) is 2. The van der Waals surface area contributed by atoms with Crippen molar-refractivity contribution in [1.29, 1.82) is 0 Å². The number of nitrogens with one attached hydrogen (secondary N) is 1. The van der Waals surface area contributed by atoms with E-state index in [-0.39, 0.29) is 10.9 Å². The summed E-state index contributed by atoms with van der Waals surface area (Å²) in [6, 6.07) is 10.4. The molecule has 0 radical (unpaired) electrons. The van der Waals surface area contributed by atoms with Gasteiger partial charge in [-0.25, -0.2) is 13.1 Å². The molecule has 1 aliphatic heterocycles. The Morgan fingerprint density at radius 2 is 1.92 bits per heavy atom. The first-order valence-corrected chi connectivity index (χ1v) is 9.26. The fraction of sp³-hybridized carbons (Fsp3) is 0.333. The minimum absolute atomic E-state index is 0.280. The van der Waals surface area contributed by atoms with Gasteiger partial charge in [-0.3, -0.25) is 0 Å². The molecule has 3 rings (SSSR count). The maximum Gasteiger partial charge on any atom is 0.240 e. The maximum atomic E-state index is 12.6. The second-order valence-corrected chi connectivity index (χ2v) is 7.77. The Bertz CT molecular complexity index is 861. The fourth-order valence-electron chi connectivity index (χ4n) is 2.74. The zero-order chi connectivity index (χ0) is 17.3. The van der Waals surface area contributed by atoms with Crippen molar-refractivity contribution in [3.05, 3.63) is 53.1 Å². The van der Waals surface area contributed by atoms with Gasteiger partial charge in [0, 0.05) is 0 Å². The lowest BCUT2D eigenvalue weighted by Gasteiger charge is -2.26. The van der Waals surface area contributed by atoms with Crippen molar-refractivity contribution in [2.24, 2.45) is 0 Å². The van der Waals surface area contributed by atoms with Crippen LogP contribution in [0.1, 0.15) is 16.7 Å². The summed E-state index contributed by atoms with van der Waals surface area (Å²) in [7, 11) is -1.98. The standard InChI is InChI=1S/C18H21NO4S/c1-12-4-6-17(8-13(12)2)24(20,21)19-15-9-14-10-16(22-3)5-7-18(14)23-11-15/h4-8,10,15,19H,9,11H2,1-3H3/t15-/m1/s1. The monoisotopic (exact) mass is 347 g/mol. The average molecular weight is 347 g/mol. The molecule has 0 aliphatic carbocycles. The lowest BCUT2D eigenvalue weighted by molar-refractivity contribution is 0.253. The summed E-state index contributed by atoms with van der Waals surface area (Å²) in [5.74, 6) is 1.51. The average Bonchev–Trinajstić information content (AvgIpc) is 2.56. The predicted molar refractivity (Wildman–Crippen MR) is 92.2 cm³/mol. The number of methoxy groups -OCH3 is 1. The summed E-state index contributed by atoms with van der Waals surface area (Å²) in [6.07, 6.45) is 0.566. The van der Waals surface area contributed by atoms with Gasteiger partial charge >= 0.3 is 0 Å². The molecule has 1 atom stereocenters. The van der Waals surface area contributed by atoms with Crippen LogP contribution >= 0.6 is 0 Å². The van der Waals surface area contributed by atoms with Crippen molar-refractivity contribution in [3.63, 3.8) is 0 Å². The number of aryl methyl sites for hydroxylation is 2. The number of rotatable bonds is 4. The number of hydrogen-bond acceptors (Lipinski definition) is 4. The fourth-order valence-corrected chi connectivity index (χ4v) is 4.05. The molecule has 0 amide bonds. The summed E-state index contributed by atoms with van der Waals surface area (Å²) >= 11 is 0. The van der Waals surface area contributed by atoms with Crippen LogP contribution in [0.5, 0.6) is 11.5 Å². The lowest BCUT2D eigenvalue weighted by atomic mass is 10.0. The zero-order valence-corrected chi connectivity index (χ0v) is 14.8. The van der Waals surface area contributed by atoms with Crippen LogP contribution in [0.15, 0.2) is 41.3 Å². The van der Waals surface area contributed by atoms with Gasteiger partial charge in [0.1, 0.15) is 18.1 Å². The molecule has 0 saturated heterocycles. The molecule has 0 bridgehead atoms. The highest BCUT2D eigenvalue weighted by Gasteiger charge is 2.26. The third-order valence-corrected chi connectivity index (χ3v) is 5.80. The molecule has 1 N–H and O–H groups in total. The first kappa shape index (κ1) is 16.8. The van der Waals surface area contributed by atoms with E-state index in [9.17, 15) is 8.42 Å². The van der Waals surface area contributed by atoms with Crippen LogP contribution in [-0.4, -0.2) is 28.2 Å². The molecule has 0 saturated carbocycles. The Morgan fingerprint density at radius 1 is 1.12 bits per heavy atom. The van der Waals surface area contributed by atoms with E-state index in [2.05, 4.69) is 4.72 Å². The molecule has 24 heavy (non-hydrogen) atoms. The topological polar surface area (TPSA) is 64.6 Å². The molecule has 1 heterocycles. The molecular weight excluding hydrogens is 326 g/mol. The normalized spacial score (nSPS) is 17.0. The van der Waals surface area contributed by atoms with Crippen molar-refractivity contribution in [2.45, 2.75) is 31.2 Å². The van der Waals surface area contributed by atoms with E-state index in [4.69, 9.17) is 9.47 Å². The van der Waals surface area contributed by atoms with E-state index in [0.29, 0.717) is 13.0 Å². The van der Waals surface area contributed by atoms with Gasteiger partial charge in [0.2, 0.25) is 10.0 Å². The molecule has 0 fully saturated rings. The van der Waals surface area contributed by atoms with Crippen LogP contribution in [0.25, 0.3) is 0 Å². The van der Waals surface area contributed by atoms with Crippen molar-refractivity contribution in [1.82, 2.24) is 4.72 Å². The smallest absolute Gasteiger partial charge is 0.240 e. The van der Waals surface area contributed by atoms with Crippen molar-refractivity contribution in [2.75, 3.05) is 13.7 Å². The molecule has 0 unspecified atom stereocenters. The lowest BCUT2D eigenvalue weighted by Crippen LogP contribution is -2.42. The van der Waals surface area contributed by atoms with Gasteiger partial charge in [-0.2, -0.15) is 0 Å². The zero-order valence-electron chi connectivity index (χ0n) is 14.0. The quantitative estimate of drug-likeness (QED) is 0.923. The van der Waals surface area contributed by atoms with E-state index >= 15 is 0 Å². The van der Waals surface area contributed by atoms with Crippen molar-refractivity contribution in [3.8, 4) is 11.5 Å². The second kappa shape index (κ2) is 6.45. The van der Waals surface area contributed by atoms with E-state index < -0.39 is 10.0 Å². The minimum atomic E-state index is -3.58. The van der Waals surface area contributed by atoms with Gasteiger partial charge in [-0.05, 0) is 67.3 Å². The van der Waals surface area contributed by atoms with Crippen LogP contribution in [0, 0.1) is 13.8 Å². The van der Waals surface area contributed by atoms with Crippen molar-refractivity contribution < 1.29 is 17.9 Å². The Balaban J connectivity index is 1.79. The Kier molecular flexibility index (Phi) is 4.51. The number of fused-ring (bicyclic) bond motifs is 1. The Morgan fingerprint density at radius 3 is 2.62 bits per heavy atom. The highest BCUT2D eigenvalue weighted by Crippen LogP contribution is 2.29. The van der Waals surface area contributed by atoms with Crippen molar-refractivity contribution >= 4 is 10.0 Å². The van der Waals surface area contributed by atoms with Crippen LogP contribution in [0.3, 0.4) is 0 Å². The second-order valence-electron chi connectivity index (χ2n) is 6.05. The summed E-state index contributed by atoms with van der Waals surface area (Å²) < 4.78 is 38.9. The molecule has 0 spiro atoms. The number of sulfonamides is 1. The molecule has 1 aliphatic rings. The molecule has 0 aromatic heterocycles. The summed E-state index contributed by atoms with van der Waals surface area (Å²) in [5, 5.41) is 0. The van der Waals surface area contributed by atoms with Crippen LogP contribution < -0.4 is 14.2 Å². The predicted octanol–water partition coefficient (Wildman–Crippen LogP) is 2.59. The molecule has 128 valence electrons. The first-order chi connectivity index (χ1) is 11.4. The maximum absolute atomic E-state index is 12.6. The summed E-state index contributed by atoms with van der Waals surface area (Å²) in [5.41, 5.74) is 2.96. The van der Waals surface area contributed by atoms with Gasteiger partial charge in [0.05, 0.1) is 18.0 Å². The van der Waals surface area contributed by atoms with Gasteiger partial charge in [0.15, 0.2) is 0 Å². The van der Waals surface area contributed by atoms with Gasteiger partial charge in [0.25, 0.3) is 0 Å². The molecule has 2 aromatic rings. The van der Waals surface area contributed by atoms with E-state index in [1.165, 1.54) is 0 Å². The van der Waals surface area contributed by atoms with E-state index in [1.807, 2.05) is 38.1 Å². The van der Waals surface area contributed by atoms with E-state index in [0.717, 1.165) is 28.2 Å². The first-order valence-electron chi connectivity index (χ1n) is 7.78. The highest BCUT2D eigenvalue weighted by molar-refractivity contribution is 7.89. The summed E-state index contributed by atoms with van der Waals surface area (Å²) in [4.78, 5) is 0.280. The Hall–Kier alpha value is -2.05. The SMILES string of the molecule is COc1ccc2c(c1)C[C@@H](NS(=O)(=O)c1ccc(C)c(C)c1)CO2. The largest absolute Gasteiger partial charge is 0.497 e. The van der Waals surface area contributed by atoms with Crippen LogP contribution in [0.2, 0.25) is 0 Å². The van der Waals surface area contributed by atoms with Crippen LogP contribution in [-0.2, 0) is 16.4 Å². The number of hydrogen-bond donors (Lipinski definition) is 1. The third kappa shape index (κ3) is 3.39. The molecular formula is C18H21NO4S. The van der Waals surface area contributed by atoms with Gasteiger partial charge < -0.3 is 9.47 Å². The van der Waals surface area contributed by atoms with Crippen LogP contribution in [0.4, 0.5) is 0 Å². The minimum Gasteiger partial charge on any atom is -0.497 e.